The topological polar surface area (TPSA) is 91.5 Å². The van der Waals surface area contributed by atoms with Gasteiger partial charge in [0.05, 0.1) is 12.8 Å². The van der Waals surface area contributed by atoms with Gasteiger partial charge in [-0.1, -0.05) is 11.2 Å². The molecule has 1 aromatic rings. The van der Waals surface area contributed by atoms with E-state index in [0.29, 0.717) is 11.4 Å². The highest BCUT2D eigenvalue weighted by atomic mass is 16.6. The molecule has 1 N–H and O–H groups in total. The maximum absolute atomic E-state index is 11.6. The lowest BCUT2D eigenvalue weighted by Gasteiger charge is -2.21. The summed E-state index contributed by atoms with van der Waals surface area (Å²) in [7, 11) is 1.45. The van der Waals surface area contributed by atoms with E-state index in [4.69, 9.17) is 0 Å². The number of carbonyl (C=O) groups excluding carboxylic acids is 1. The molecule has 0 aromatic carbocycles. The second-order valence-electron chi connectivity index (χ2n) is 3.92. The molecular weight excluding hydrogens is 260 g/mol. The molecule has 0 unspecified atom stereocenters. The number of amides is 2. The van der Waals surface area contributed by atoms with Crippen LogP contribution in [-0.2, 0) is 4.84 Å². The number of urea groups is 1. The lowest BCUT2D eigenvalue weighted by molar-refractivity contribution is 0.204. The van der Waals surface area contributed by atoms with Crippen LogP contribution in [0.3, 0.4) is 0 Å². The van der Waals surface area contributed by atoms with Gasteiger partial charge in [0.15, 0.2) is 0 Å². The molecular formula is C12H14N6O2. The molecule has 8 heteroatoms. The summed E-state index contributed by atoms with van der Waals surface area (Å²) in [6, 6.07) is 3.23. The van der Waals surface area contributed by atoms with E-state index in [1.165, 1.54) is 12.1 Å². The number of hydrazone groups is 2. The molecule has 0 spiro atoms. The molecule has 20 heavy (non-hydrogen) atoms. The molecule has 0 bridgehead atoms. The molecule has 2 heterocycles. The molecule has 104 valence electrons. The van der Waals surface area contributed by atoms with Crippen LogP contribution in [-0.4, -0.2) is 47.3 Å². The van der Waals surface area contributed by atoms with Crippen molar-refractivity contribution < 1.29 is 9.63 Å². The second-order valence-corrected chi connectivity index (χ2v) is 3.92. The van der Waals surface area contributed by atoms with E-state index in [-0.39, 0.29) is 6.54 Å². The first-order valence-electron chi connectivity index (χ1n) is 5.87. The third-order valence-electron chi connectivity index (χ3n) is 2.50. The maximum atomic E-state index is 11.6. The van der Waals surface area contributed by atoms with Crippen molar-refractivity contribution in [3.63, 3.8) is 0 Å². The van der Waals surface area contributed by atoms with Gasteiger partial charge in [0.2, 0.25) is 0 Å². The van der Waals surface area contributed by atoms with E-state index in [9.17, 15) is 4.79 Å². The molecule has 1 aliphatic heterocycles. The third-order valence-corrected chi connectivity index (χ3v) is 2.50. The van der Waals surface area contributed by atoms with E-state index in [2.05, 4.69) is 30.6 Å². The van der Waals surface area contributed by atoms with E-state index in [1.54, 1.807) is 31.6 Å². The van der Waals surface area contributed by atoms with E-state index < -0.39 is 6.03 Å². The van der Waals surface area contributed by atoms with Gasteiger partial charge in [-0.2, -0.15) is 10.2 Å². The van der Waals surface area contributed by atoms with Gasteiger partial charge >= 0.3 is 6.03 Å². The van der Waals surface area contributed by atoms with Gasteiger partial charge in [-0.15, -0.1) is 0 Å². The Bertz CT molecular complexity index is 567. The number of pyridine rings is 1. The quantitative estimate of drug-likeness (QED) is 0.650. The van der Waals surface area contributed by atoms with Gasteiger partial charge in [-0.25, -0.2) is 15.2 Å². The van der Waals surface area contributed by atoms with Crippen LogP contribution in [0.4, 0.5) is 4.79 Å². The first-order chi connectivity index (χ1) is 9.70. The van der Waals surface area contributed by atoms with Gasteiger partial charge in [-0.3, -0.25) is 4.98 Å². The van der Waals surface area contributed by atoms with Crippen LogP contribution in [0, 0.1) is 0 Å². The van der Waals surface area contributed by atoms with Crippen molar-refractivity contribution >= 4 is 23.7 Å². The van der Waals surface area contributed by atoms with E-state index in [0.717, 1.165) is 5.56 Å². The average Bonchev–Trinajstić information content (AvgIpc) is 2.47. The van der Waals surface area contributed by atoms with Gasteiger partial charge in [0.25, 0.3) is 0 Å². The molecule has 0 radical (unpaired) electrons. The molecule has 0 saturated carbocycles. The summed E-state index contributed by atoms with van der Waals surface area (Å²) in [5, 5.41) is 13.0. The average molecular weight is 274 g/mol. The Morgan fingerprint density at radius 1 is 1.60 bits per heavy atom. The van der Waals surface area contributed by atoms with Crippen LogP contribution >= 0.6 is 0 Å². The number of carbonyl (C=O) groups is 1. The van der Waals surface area contributed by atoms with Crippen LogP contribution in [0.1, 0.15) is 12.5 Å². The van der Waals surface area contributed by atoms with Crippen molar-refractivity contribution in [2.75, 3.05) is 13.7 Å². The largest absolute Gasteiger partial charge is 0.399 e. The van der Waals surface area contributed by atoms with Crippen molar-refractivity contribution in [1.29, 1.82) is 0 Å². The number of rotatable bonds is 4. The monoisotopic (exact) mass is 274 g/mol. The van der Waals surface area contributed by atoms with Gasteiger partial charge in [-0.05, 0) is 13.0 Å². The number of aromatic nitrogens is 1. The highest BCUT2D eigenvalue weighted by molar-refractivity contribution is 6.42. The molecule has 0 saturated heterocycles. The van der Waals surface area contributed by atoms with E-state index in [1.807, 2.05) is 6.07 Å². The molecule has 0 fully saturated rings. The van der Waals surface area contributed by atoms with E-state index >= 15 is 0 Å². The van der Waals surface area contributed by atoms with Gasteiger partial charge < -0.3 is 4.84 Å². The first kappa shape index (κ1) is 13.7. The Labute approximate surface area is 115 Å². The molecule has 1 aromatic heterocycles. The summed E-state index contributed by atoms with van der Waals surface area (Å²) >= 11 is 0. The number of nitrogens with one attached hydrogen (secondary N) is 1. The highest BCUT2D eigenvalue weighted by Gasteiger charge is 2.21. The van der Waals surface area contributed by atoms with Crippen LogP contribution in [0.2, 0.25) is 0 Å². The zero-order valence-corrected chi connectivity index (χ0v) is 11.1. The standard InChI is InChI=1S/C12H14N6O2/c1-9(17-20-2)11-8-18(12(19)16-15-11)14-7-10-4-3-5-13-6-10/h3-7H,8H2,1-2H3,(H,16,19)/b14-7+,17-9+. The first-order valence-corrected chi connectivity index (χ1v) is 5.87. The zero-order valence-electron chi connectivity index (χ0n) is 11.1. The zero-order chi connectivity index (χ0) is 14.4. The SMILES string of the molecule is CO/N=C(\C)C1=NNC(=O)N(/N=C/c2cccnc2)C1. The van der Waals surface area contributed by atoms with Crippen molar-refractivity contribution in [3.05, 3.63) is 30.1 Å². The maximum Gasteiger partial charge on any atom is 0.358 e. The van der Waals surface area contributed by atoms with Gasteiger partial charge in [0.1, 0.15) is 18.5 Å². The normalized spacial score (nSPS) is 16.1. The lowest BCUT2D eigenvalue weighted by atomic mass is 10.2. The minimum Gasteiger partial charge on any atom is -0.399 e. The van der Waals surface area contributed by atoms with Crippen LogP contribution in [0.15, 0.2) is 39.9 Å². The molecule has 0 atom stereocenters. The van der Waals surface area contributed by atoms with Gasteiger partial charge in [0, 0.05) is 18.0 Å². The molecule has 0 aliphatic carbocycles. The predicted octanol–water partition coefficient (Wildman–Crippen LogP) is 0.819. The number of nitrogens with zero attached hydrogens (tertiary/aromatic N) is 5. The summed E-state index contributed by atoms with van der Waals surface area (Å²) < 4.78 is 0. The Balaban J connectivity index is 2.09. The highest BCUT2D eigenvalue weighted by Crippen LogP contribution is 2.01. The molecule has 8 nitrogen and oxygen atoms in total. The fourth-order valence-corrected chi connectivity index (χ4v) is 1.49. The summed E-state index contributed by atoms with van der Waals surface area (Å²) in [6.45, 7) is 1.96. The fraction of sp³-hybridized carbons (Fsp3) is 0.250. The lowest BCUT2D eigenvalue weighted by Crippen LogP contribution is -2.44. The minimum atomic E-state index is -0.404. The minimum absolute atomic E-state index is 0.224. The van der Waals surface area contributed by atoms with Crippen LogP contribution in [0.25, 0.3) is 0 Å². The predicted molar refractivity (Wildman–Crippen MR) is 74.6 cm³/mol. The second kappa shape index (κ2) is 6.41. The fourth-order valence-electron chi connectivity index (χ4n) is 1.49. The number of oxime groups is 1. The van der Waals surface area contributed by atoms with Crippen molar-refractivity contribution in [3.8, 4) is 0 Å². The Kier molecular flexibility index (Phi) is 4.38. The molecule has 1 aliphatic rings. The Morgan fingerprint density at radius 2 is 2.45 bits per heavy atom. The number of hydrogen-bond donors (Lipinski definition) is 1. The number of hydrogen-bond acceptors (Lipinski definition) is 6. The third kappa shape index (κ3) is 3.37. The molecule has 2 amide bonds. The van der Waals surface area contributed by atoms with Crippen LogP contribution in [0.5, 0.6) is 0 Å². The summed E-state index contributed by atoms with van der Waals surface area (Å²) in [5.74, 6) is 0. The Morgan fingerprint density at radius 3 is 3.15 bits per heavy atom. The van der Waals surface area contributed by atoms with Crippen molar-refractivity contribution in [2.24, 2.45) is 15.4 Å². The Hall–Kier alpha value is -2.77. The summed E-state index contributed by atoms with van der Waals surface area (Å²) in [4.78, 5) is 20.3. The smallest absolute Gasteiger partial charge is 0.358 e. The summed E-state index contributed by atoms with van der Waals surface area (Å²) in [6.07, 6.45) is 4.87. The van der Waals surface area contributed by atoms with Crippen molar-refractivity contribution in [2.45, 2.75) is 6.92 Å². The van der Waals surface area contributed by atoms with Crippen molar-refractivity contribution in [1.82, 2.24) is 15.4 Å². The van der Waals surface area contributed by atoms with Crippen LogP contribution < -0.4 is 5.43 Å². The summed E-state index contributed by atoms with van der Waals surface area (Å²) in [5.41, 5.74) is 4.32. The molecule has 2 rings (SSSR count).